The number of carbonyl (C=O) groups excluding carboxylic acids is 1. The third-order valence-corrected chi connectivity index (χ3v) is 3.52. The second kappa shape index (κ2) is 5.92. The van der Waals surface area contributed by atoms with Gasteiger partial charge >= 0.3 is 0 Å². The molecule has 1 aromatic heterocycles. The van der Waals surface area contributed by atoms with Gasteiger partial charge in [0, 0.05) is 38.4 Å². The number of aromatic nitrogens is 2. The minimum Gasteiger partial charge on any atom is -0.388 e. The molecule has 0 spiro atoms. The van der Waals surface area contributed by atoms with E-state index in [-0.39, 0.29) is 16.8 Å². The first-order valence-electron chi connectivity index (χ1n) is 6.21. The summed E-state index contributed by atoms with van der Waals surface area (Å²) in [6.45, 7) is 1.51. The number of amides is 1. The Labute approximate surface area is 117 Å². The lowest BCUT2D eigenvalue weighted by Gasteiger charge is -2.32. The largest absolute Gasteiger partial charge is 0.388 e. The van der Waals surface area contributed by atoms with E-state index in [9.17, 15) is 4.79 Å². The Morgan fingerprint density at radius 3 is 2.63 bits per heavy atom. The first-order valence-corrected chi connectivity index (χ1v) is 6.61. The Morgan fingerprint density at radius 1 is 1.42 bits per heavy atom. The molecule has 6 nitrogen and oxygen atoms in total. The molecular weight excluding hydrogens is 262 g/mol. The predicted octanol–water partition coefficient (Wildman–Crippen LogP) is 0.0732. The third-order valence-electron chi connectivity index (χ3n) is 3.32. The van der Waals surface area contributed by atoms with Gasteiger partial charge in [-0.3, -0.25) is 4.79 Å². The van der Waals surface area contributed by atoms with E-state index in [1.807, 2.05) is 0 Å². The molecule has 0 aromatic carbocycles. The number of piperidine rings is 1. The average Bonchev–Trinajstić information content (AvgIpc) is 2.46. The molecule has 102 valence electrons. The van der Waals surface area contributed by atoms with Crippen molar-refractivity contribution in [1.29, 1.82) is 0 Å². The SMILES string of the molecule is CNC(=O)C1CCN(c2nccnc2C(N)=S)CC1. The lowest BCUT2D eigenvalue weighted by atomic mass is 9.96. The Hall–Kier alpha value is -1.76. The van der Waals surface area contributed by atoms with Gasteiger partial charge in [-0.15, -0.1) is 0 Å². The van der Waals surface area contributed by atoms with Crippen LogP contribution in [0.3, 0.4) is 0 Å². The zero-order valence-corrected chi connectivity index (χ0v) is 11.6. The molecule has 0 aliphatic carbocycles. The highest BCUT2D eigenvalue weighted by atomic mass is 32.1. The standard InChI is InChI=1S/C12H17N5OS/c1-14-12(18)8-2-6-17(7-3-8)11-9(10(13)19)15-4-5-16-11/h4-5,8H,2-3,6-7H2,1H3,(H2,13,19)(H,14,18). The summed E-state index contributed by atoms with van der Waals surface area (Å²) < 4.78 is 0. The van der Waals surface area contributed by atoms with Crippen LogP contribution in [-0.2, 0) is 4.79 Å². The van der Waals surface area contributed by atoms with E-state index in [1.165, 1.54) is 0 Å². The van der Waals surface area contributed by atoms with Crippen LogP contribution in [0.2, 0.25) is 0 Å². The van der Waals surface area contributed by atoms with Gasteiger partial charge in [0.25, 0.3) is 0 Å². The van der Waals surface area contributed by atoms with Crippen molar-refractivity contribution in [2.24, 2.45) is 11.7 Å². The fourth-order valence-corrected chi connectivity index (χ4v) is 2.44. The van der Waals surface area contributed by atoms with E-state index in [1.54, 1.807) is 19.4 Å². The molecule has 1 fully saturated rings. The quantitative estimate of drug-likeness (QED) is 0.762. The van der Waals surface area contributed by atoms with Crippen molar-refractivity contribution < 1.29 is 4.79 Å². The predicted molar refractivity (Wildman–Crippen MR) is 76.9 cm³/mol. The fourth-order valence-electron chi connectivity index (χ4n) is 2.29. The lowest BCUT2D eigenvalue weighted by Crippen LogP contribution is -2.40. The zero-order chi connectivity index (χ0) is 13.8. The molecule has 1 amide bonds. The number of thiocarbonyl (C=S) groups is 1. The normalized spacial score (nSPS) is 16.2. The molecule has 1 aliphatic rings. The van der Waals surface area contributed by atoms with Gasteiger partial charge in [-0.1, -0.05) is 12.2 Å². The Kier molecular flexibility index (Phi) is 4.26. The Morgan fingerprint density at radius 2 is 2.05 bits per heavy atom. The van der Waals surface area contributed by atoms with E-state index < -0.39 is 0 Å². The number of rotatable bonds is 3. The highest BCUT2D eigenvalue weighted by molar-refractivity contribution is 7.80. The van der Waals surface area contributed by atoms with Crippen LogP contribution in [0, 0.1) is 5.92 Å². The number of anilines is 1. The molecule has 2 heterocycles. The van der Waals surface area contributed by atoms with Gasteiger partial charge in [0.05, 0.1) is 0 Å². The maximum atomic E-state index is 11.6. The van der Waals surface area contributed by atoms with Crippen molar-refractivity contribution in [3.8, 4) is 0 Å². The van der Waals surface area contributed by atoms with Crippen molar-refractivity contribution in [3.05, 3.63) is 18.1 Å². The number of nitrogens with zero attached hydrogens (tertiary/aromatic N) is 3. The van der Waals surface area contributed by atoms with Gasteiger partial charge in [-0.05, 0) is 12.8 Å². The van der Waals surface area contributed by atoms with Gasteiger partial charge < -0.3 is 16.0 Å². The highest BCUT2D eigenvalue weighted by Gasteiger charge is 2.26. The van der Waals surface area contributed by atoms with Gasteiger partial charge in [0.2, 0.25) is 5.91 Å². The van der Waals surface area contributed by atoms with Gasteiger partial charge in [-0.25, -0.2) is 9.97 Å². The maximum absolute atomic E-state index is 11.6. The van der Waals surface area contributed by atoms with Crippen LogP contribution < -0.4 is 16.0 Å². The summed E-state index contributed by atoms with van der Waals surface area (Å²) in [7, 11) is 1.67. The summed E-state index contributed by atoms with van der Waals surface area (Å²) in [6.07, 6.45) is 4.80. The number of hydrogen-bond acceptors (Lipinski definition) is 5. The van der Waals surface area contributed by atoms with Crippen molar-refractivity contribution >= 4 is 28.9 Å². The van der Waals surface area contributed by atoms with Crippen LogP contribution in [-0.4, -0.2) is 41.0 Å². The van der Waals surface area contributed by atoms with Crippen LogP contribution >= 0.6 is 12.2 Å². The summed E-state index contributed by atoms with van der Waals surface area (Å²) in [6, 6.07) is 0. The molecule has 1 aliphatic heterocycles. The van der Waals surface area contributed by atoms with E-state index in [2.05, 4.69) is 20.2 Å². The summed E-state index contributed by atoms with van der Waals surface area (Å²) in [5.41, 5.74) is 6.21. The highest BCUT2D eigenvalue weighted by Crippen LogP contribution is 2.23. The molecule has 2 rings (SSSR count). The molecular formula is C12H17N5OS. The van der Waals surface area contributed by atoms with E-state index >= 15 is 0 Å². The second-order valence-corrected chi connectivity index (χ2v) is 4.91. The molecule has 1 saturated heterocycles. The van der Waals surface area contributed by atoms with Gasteiger partial charge in [0.15, 0.2) is 5.82 Å². The summed E-state index contributed by atoms with van der Waals surface area (Å²) in [4.78, 5) is 22.4. The van der Waals surface area contributed by atoms with Crippen LogP contribution in [0.15, 0.2) is 12.4 Å². The van der Waals surface area contributed by atoms with Gasteiger partial charge in [-0.2, -0.15) is 0 Å². The monoisotopic (exact) mass is 279 g/mol. The number of hydrogen-bond donors (Lipinski definition) is 2. The molecule has 0 radical (unpaired) electrons. The lowest BCUT2D eigenvalue weighted by molar-refractivity contribution is -0.125. The van der Waals surface area contributed by atoms with E-state index in [4.69, 9.17) is 18.0 Å². The first-order chi connectivity index (χ1) is 9.13. The molecule has 0 bridgehead atoms. The Balaban J connectivity index is 2.10. The second-order valence-electron chi connectivity index (χ2n) is 4.47. The number of nitrogens with two attached hydrogens (primary N) is 1. The minimum atomic E-state index is 0.0752. The minimum absolute atomic E-state index is 0.0752. The zero-order valence-electron chi connectivity index (χ0n) is 10.8. The maximum Gasteiger partial charge on any atom is 0.222 e. The Bertz CT molecular complexity index is 485. The van der Waals surface area contributed by atoms with Crippen LogP contribution in [0.1, 0.15) is 18.5 Å². The van der Waals surface area contributed by atoms with Crippen molar-refractivity contribution in [1.82, 2.24) is 15.3 Å². The first kappa shape index (κ1) is 13.7. The third kappa shape index (κ3) is 2.98. The average molecular weight is 279 g/mol. The van der Waals surface area contributed by atoms with Gasteiger partial charge in [0.1, 0.15) is 10.7 Å². The number of nitrogens with one attached hydrogen (secondary N) is 1. The number of carbonyl (C=O) groups is 1. The van der Waals surface area contributed by atoms with Crippen molar-refractivity contribution in [2.45, 2.75) is 12.8 Å². The molecule has 1 aromatic rings. The molecule has 0 atom stereocenters. The van der Waals surface area contributed by atoms with E-state index in [0.29, 0.717) is 11.5 Å². The molecule has 19 heavy (non-hydrogen) atoms. The van der Waals surface area contributed by atoms with Crippen LogP contribution in [0.25, 0.3) is 0 Å². The summed E-state index contributed by atoms with van der Waals surface area (Å²) in [5, 5.41) is 2.69. The smallest absolute Gasteiger partial charge is 0.222 e. The van der Waals surface area contributed by atoms with E-state index in [0.717, 1.165) is 25.9 Å². The summed E-state index contributed by atoms with van der Waals surface area (Å²) in [5.74, 6) is 0.893. The topological polar surface area (TPSA) is 84.1 Å². The van der Waals surface area contributed by atoms with Crippen LogP contribution in [0.5, 0.6) is 0 Å². The fraction of sp³-hybridized carbons (Fsp3) is 0.500. The van der Waals surface area contributed by atoms with Crippen molar-refractivity contribution in [3.63, 3.8) is 0 Å². The molecule has 0 unspecified atom stereocenters. The molecule has 7 heteroatoms. The van der Waals surface area contributed by atoms with Crippen molar-refractivity contribution in [2.75, 3.05) is 25.0 Å². The molecule has 3 N–H and O–H groups in total. The molecule has 0 saturated carbocycles. The van der Waals surface area contributed by atoms with Crippen LogP contribution in [0.4, 0.5) is 5.82 Å². The summed E-state index contributed by atoms with van der Waals surface area (Å²) >= 11 is 4.99.